The number of aromatic nitrogens is 2. The molecule has 1 N–H and O–H groups in total. The van der Waals surface area contributed by atoms with Crippen molar-refractivity contribution in [1.29, 1.82) is 0 Å². The minimum Gasteiger partial charge on any atom is -0.368 e. The SMILES string of the molecule is CC(C)Nc1ccnc(N2CCN(c3cccc(Cl)c3)CC2)n1. The van der Waals surface area contributed by atoms with Crippen molar-refractivity contribution in [3.63, 3.8) is 0 Å². The zero-order chi connectivity index (χ0) is 16.2. The largest absolute Gasteiger partial charge is 0.368 e. The summed E-state index contributed by atoms with van der Waals surface area (Å²) >= 11 is 6.08. The minimum absolute atomic E-state index is 0.359. The van der Waals surface area contributed by atoms with Crippen LogP contribution in [-0.2, 0) is 0 Å². The van der Waals surface area contributed by atoms with Gasteiger partial charge in [0, 0.05) is 49.1 Å². The third-order valence-corrected chi connectivity index (χ3v) is 4.05. The van der Waals surface area contributed by atoms with Crippen molar-refractivity contribution in [3.8, 4) is 0 Å². The number of nitrogens with one attached hydrogen (secondary N) is 1. The number of anilines is 3. The maximum absolute atomic E-state index is 6.08. The summed E-state index contributed by atoms with van der Waals surface area (Å²) in [6.45, 7) is 7.88. The standard InChI is InChI=1S/C17H22ClN5/c1-13(2)20-16-6-7-19-17(21-16)23-10-8-22(9-11-23)15-5-3-4-14(18)12-15/h3-7,12-13H,8-11H2,1-2H3,(H,19,20,21). The van der Waals surface area contributed by atoms with Gasteiger partial charge < -0.3 is 15.1 Å². The number of piperazine rings is 1. The van der Waals surface area contributed by atoms with Crippen LogP contribution >= 0.6 is 11.6 Å². The molecule has 0 amide bonds. The van der Waals surface area contributed by atoms with Gasteiger partial charge in [-0.25, -0.2) is 4.98 Å². The van der Waals surface area contributed by atoms with E-state index in [1.54, 1.807) is 0 Å². The fraction of sp³-hybridized carbons (Fsp3) is 0.412. The fourth-order valence-corrected chi connectivity index (χ4v) is 2.90. The maximum Gasteiger partial charge on any atom is 0.227 e. The molecule has 0 unspecified atom stereocenters. The van der Waals surface area contributed by atoms with Crippen LogP contribution in [0.1, 0.15) is 13.8 Å². The quantitative estimate of drug-likeness (QED) is 0.931. The van der Waals surface area contributed by atoms with Gasteiger partial charge in [0.25, 0.3) is 0 Å². The molecule has 0 atom stereocenters. The zero-order valence-electron chi connectivity index (χ0n) is 13.5. The van der Waals surface area contributed by atoms with Crippen molar-refractivity contribution in [2.75, 3.05) is 41.3 Å². The second kappa shape index (κ2) is 7.04. The zero-order valence-corrected chi connectivity index (χ0v) is 14.3. The summed E-state index contributed by atoms with van der Waals surface area (Å²) in [5.74, 6) is 1.67. The Morgan fingerprint density at radius 2 is 1.83 bits per heavy atom. The highest BCUT2D eigenvalue weighted by molar-refractivity contribution is 6.30. The van der Waals surface area contributed by atoms with Gasteiger partial charge in [0.2, 0.25) is 5.95 Å². The molecule has 5 nitrogen and oxygen atoms in total. The van der Waals surface area contributed by atoms with Crippen molar-refractivity contribution in [2.45, 2.75) is 19.9 Å². The van der Waals surface area contributed by atoms with E-state index in [9.17, 15) is 0 Å². The lowest BCUT2D eigenvalue weighted by Gasteiger charge is -2.36. The molecule has 3 rings (SSSR count). The van der Waals surface area contributed by atoms with Crippen LogP contribution in [-0.4, -0.2) is 42.2 Å². The lowest BCUT2D eigenvalue weighted by atomic mass is 10.2. The molecule has 0 radical (unpaired) electrons. The number of hydrogen-bond acceptors (Lipinski definition) is 5. The Kier molecular flexibility index (Phi) is 4.86. The second-order valence-corrected chi connectivity index (χ2v) is 6.43. The van der Waals surface area contributed by atoms with Crippen LogP contribution in [0, 0.1) is 0 Å². The Morgan fingerprint density at radius 3 is 2.52 bits per heavy atom. The van der Waals surface area contributed by atoms with Gasteiger partial charge >= 0.3 is 0 Å². The highest BCUT2D eigenvalue weighted by Gasteiger charge is 2.19. The first-order valence-electron chi connectivity index (χ1n) is 7.97. The molecule has 1 aliphatic heterocycles. The van der Waals surface area contributed by atoms with Crippen molar-refractivity contribution >= 4 is 29.1 Å². The number of nitrogens with zero attached hydrogens (tertiary/aromatic N) is 4. The van der Waals surface area contributed by atoms with Crippen LogP contribution in [0.4, 0.5) is 17.5 Å². The molecule has 2 heterocycles. The minimum atomic E-state index is 0.359. The normalized spacial score (nSPS) is 15.1. The first kappa shape index (κ1) is 15.9. The van der Waals surface area contributed by atoms with Gasteiger partial charge in [-0.2, -0.15) is 4.98 Å². The van der Waals surface area contributed by atoms with Gasteiger partial charge in [-0.3, -0.25) is 0 Å². The topological polar surface area (TPSA) is 44.3 Å². The molecule has 1 fully saturated rings. The molecule has 23 heavy (non-hydrogen) atoms. The molecule has 2 aromatic rings. The van der Waals surface area contributed by atoms with E-state index in [4.69, 9.17) is 11.6 Å². The molecule has 1 aromatic heterocycles. The van der Waals surface area contributed by atoms with Crippen LogP contribution in [0.5, 0.6) is 0 Å². The maximum atomic E-state index is 6.08. The summed E-state index contributed by atoms with van der Waals surface area (Å²) in [7, 11) is 0. The van der Waals surface area contributed by atoms with Gasteiger partial charge in [0.15, 0.2) is 0 Å². The Balaban J connectivity index is 1.65. The summed E-state index contributed by atoms with van der Waals surface area (Å²) in [6, 6.07) is 10.3. The van der Waals surface area contributed by atoms with Crippen LogP contribution in [0.2, 0.25) is 5.02 Å². The van der Waals surface area contributed by atoms with Crippen LogP contribution in [0.15, 0.2) is 36.5 Å². The van der Waals surface area contributed by atoms with E-state index < -0.39 is 0 Å². The molecular weight excluding hydrogens is 310 g/mol. The first-order valence-corrected chi connectivity index (χ1v) is 8.34. The Morgan fingerprint density at radius 1 is 1.09 bits per heavy atom. The smallest absolute Gasteiger partial charge is 0.227 e. The Labute approximate surface area is 142 Å². The van der Waals surface area contributed by atoms with Gasteiger partial charge in [-0.15, -0.1) is 0 Å². The third-order valence-electron chi connectivity index (χ3n) is 3.82. The molecule has 1 aromatic carbocycles. The van der Waals surface area contributed by atoms with Crippen molar-refractivity contribution in [2.24, 2.45) is 0 Å². The average Bonchev–Trinajstić information content (AvgIpc) is 2.55. The van der Waals surface area contributed by atoms with Crippen LogP contribution < -0.4 is 15.1 Å². The second-order valence-electron chi connectivity index (χ2n) is 5.99. The highest BCUT2D eigenvalue weighted by atomic mass is 35.5. The first-order chi connectivity index (χ1) is 11.1. The summed E-state index contributed by atoms with van der Waals surface area (Å²) in [6.07, 6.45) is 1.82. The number of halogens is 1. The van der Waals surface area contributed by atoms with E-state index in [0.717, 1.165) is 43.0 Å². The Bertz CT molecular complexity index is 653. The lowest BCUT2D eigenvalue weighted by Crippen LogP contribution is -2.47. The number of hydrogen-bond donors (Lipinski definition) is 1. The van der Waals surface area contributed by atoms with Crippen LogP contribution in [0.3, 0.4) is 0 Å². The van der Waals surface area contributed by atoms with Gasteiger partial charge in [0.1, 0.15) is 5.82 Å². The number of rotatable bonds is 4. The van der Waals surface area contributed by atoms with Crippen molar-refractivity contribution in [3.05, 3.63) is 41.6 Å². The van der Waals surface area contributed by atoms with Gasteiger partial charge in [0.05, 0.1) is 0 Å². The van der Waals surface area contributed by atoms with E-state index >= 15 is 0 Å². The molecule has 0 bridgehead atoms. The molecule has 1 saturated heterocycles. The van der Waals surface area contributed by atoms with Crippen molar-refractivity contribution < 1.29 is 0 Å². The van der Waals surface area contributed by atoms with Gasteiger partial charge in [-0.1, -0.05) is 17.7 Å². The molecular formula is C17H22ClN5. The third kappa shape index (κ3) is 4.05. The predicted octanol–water partition coefficient (Wildman–Crippen LogP) is 3.28. The molecule has 6 heteroatoms. The fourth-order valence-electron chi connectivity index (χ4n) is 2.71. The molecule has 0 spiro atoms. The molecule has 122 valence electrons. The molecule has 1 aliphatic rings. The monoisotopic (exact) mass is 331 g/mol. The number of benzene rings is 1. The van der Waals surface area contributed by atoms with E-state index in [2.05, 4.69) is 45.0 Å². The average molecular weight is 332 g/mol. The van der Waals surface area contributed by atoms with E-state index in [1.807, 2.05) is 30.5 Å². The summed E-state index contributed by atoms with van der Waals surface area (Å²) in [5, 5.41) is 4.10. The summed E-state index contributed by atoms with van der Waals surface area (Å²) < 4.78 is 0. The van der Waals surface area contributed by atoms with Crippen LogP contribution in [0.25, 0.3) is 0 Å². The Hall–Kier alpha value is -2.01. The van der Waals surface area contributed by atoms with Gasteiger partial charge in [-0.05, 0) is 38.1 Å². The van der Waals surface area contributed by atoms with E-state index in [-0.39, 0.29) is 0 Å². The van der Waals surface area contributed by atoms with E-state index in [0.29, 0.717) is 6.04 Å². The summed E-state index contributed by atoms with van der Waals surface area (Å²) in [5.41, 5.74) is 1.17. The summed E-state index contributed by atoms with van der Waals surface area (Å²) in [4.78, 5) is 13.6. The molecule has 0 saturated carbocycles. The van der Waals surface area contributed by atoms with E-state index in [1.165, 1.54) is 5.69 Å². The van der Waals surface area contributed by atoms with Crippen molar-refractivity contribution in [1.82, 2.24) is 9.97 Å². The molecule has 0 aliphatic carbocycles. The highest BCUT2D eigenvalue weighted by Crippen LogP contribution is 2.22. The predicted molar refractivity (Wildman–Crippen MR) is 96.7 cm³/mol. The lowest BCUT2D eigenvalue weighted by molar-refractivity contribution is 0.640.